The zero-order chi connectivity index (χ0) is 18.8. The first-order valence-electron chi connectivity index (χ1n) is 8.67. The van der Waals surface area contributed by atoms with Crippen molar-refractivity contribution >= 4 is 27.8 Å². The maximum Gasteiger partial charge on any atom is 0.150 e. The average molecular weight is 366 g/mol. The topological polar surface area (TPSA) is 86.0 Å². The van der Waals surface area contributed by atoms with Crippen molar-refractivity contribution in [2.45, 2.75) is 20.1 Å². The number of rotatable bonds is 6. The summed E-state index contributed by atoms with van der Waals surface area (Å²) < 4.78 is 24.2. The Morgan fingerprint density at radius 1 is 1.07 bits per heavy atom. The number of ether oxygens (including phenoxy) is 2. The third-order valence-corrected chi connectivity index (χ3v) is 4.24. The van der Waals surface area contributed by atoms with Crippen LogP contribution in [0.1, 0.15) is 18.3 Å². The zero-order valence-electron chi connectivity index (χ0n) is 14.8. The summed E-state index contributed by atoms with van der Waals surface area (Å²) in [5.74, 6) is 1.48. The van der Waals surface area contributed by atoms with E-state index in [4.69, 9.17) is 15.2 Å². The number of H-pyrrole nitrogens is 1. The lowest BCUT2D eigenvalue weighted by Crippen LogP contribution is -1.97. The summed E-state index contributed by atoms with van der Waals surface area (Å²) in [7, 11) is 0. The Hall–Kier alpha value is -3.19. The van der Waals surface area contributed by atoms with E-state index < -0.39 is 0 Å². The minimum Gasteiger partial charge on any atom is -0.489 e. The average Bonchev–Trinajstić information content (AvgIpc) is 3.11. The largest absolute Gasteiger partial charge is 0.489 e. The number of hydrogen-bond acceptors (Lipinski definition) is 5. The van der Waals surface area contributed by atoms with E-state index in [-0.39, 0.29) is 5.82 Å². The van der Waals surface area contributed by atoms with Crippen molar-refractivity contribution in [3.05, 3.63) is 59.7 Å². The molecule has 0 saturated heterocycles. The number of pyridine rings is 1. The Labute approximate surface area is 155 Å². The predicted octanol–water partition coefficient (Wildman–Crippen LogP) is 3.95. The fourth-order valence-corrected chi connectivity index (χ4v) is 2.90. The summed E-state index contributed by atoms with van der Waals surface area (Å²) in [6.45, 7) is 3.27. The summed E-state index contributed by atoms with van der Waals surface area (Å²) in [4.78, 5) is 12.2. The van der Waals surface area contributed by atoms with Gasteiger partial charge in [0.15, 0.2) is 0 Å². The standard InChI is InChI=1S/C20H19FN4O2/c1-2-26-11-17-24-18-15-8-7-14(9-16(15)23-20(22)19(18)25-17)27-10-12-3-5-13(21)6-4-12/h3-9H,2,10-11H2,1H3,(H2,22,23)(H,24,25). The Kier molecular flexibility index (Phi) is 4.60. The number of halogens is 1. The molecule has 0 atom stereocenters. The van der Waals surface area contributed by atoms with Crippen LogP contribution in [0.15, 0.2) is 42.5 Å². The van der Waals surface area contributed by atoms with E-state index in [1.165, 1.54) is 12.1 Å². The van der Waals surface area contributed by atoms with Crippen LogP contribution in [-0.2, 0) is 18.0 Å². The molecule has 0 amide bonds. The molecule has 6 nitrogen and oxygen atoms in total. The lowest BCUT2D eigenvalue weighted by atomic mass is 10.2. The lowest BCUT2D eigenvalue weighted by Gasteiger charge is -2.08. The maximum atomic E-state index is 13.0. The number of nitrogens with one attached hydrogen (secondary N) is 1. The van der Waals surface area contributed by atoms with E-state index >= 15 is 0 Å². The molecule has 0 radical (unpaired) electrons. The van der Waals surface area contributed by atoms with Crippen LogP contribution in [0.5, 0.6) is 5.75 Å². The fourth-order valence-electron chi connectivity index (χ4n) is 2.90. The second kappa shape index (κ2) is 7.20. The number of hydrogen-bond donors (Lipinski definition) is 2. The van der Waals surface area contributed by atoms with E-state index in [0.717, 1.165) is 16.5 Å². The maximum absolute atomic E-state index is 13.0. The molecule has 0 unspecified atom stereocenters. The smallest absolute Gasteiger partial charge is 0.150 e. The first-order chi connectivity index (χ1) is 13.1. The van der Waals surface area contributed by atoms with Gasteiger partial charge in [0.25, 0.3) is 0 Å². The molecule has 0 bridgehead atoms. The third-order valence-electron chi connectivity index (χ3n) is 4.24. The first kappa shape index (κ1) is 17.2. The Morgan fingerprint density at radius 3 is 2.67 bits per heavy atom. The van der Waals surface area contributed by atoms with Gasteiger partial charge in [0, 0.05) is 18.1 Å². The summed E-state index contributed by atoms with van der Waals surface area (Å²) in [5.41, 5.74) is 9.14. The SMILES string of the molecule is CCOCc1nc2c([nH]1)c(N)nc1cc(OCc3ccc(F)cc3)ccc12. The molecular weight excluding hydrogens is 347 g/mol. The van der Waals surface area contributed by atoms with Gasteiger partial charge in [0.1, 0.15) is 47.5 Å². The molecule has 4 aromatic rings. The van der Waals surface area contributed by atoms with Gasteiger partial charge in [-0.15, -0.1) is 0 Å². The van der Waals surface area contributed by atoms with Crippen LogP contribution < -0.4 is 10.5 Å². The number of fused-ring (bicyclic) bond motifs is 3. The molecule has 0 aliphatic heterocycles. The van der Waals surface area contributed by atoms with Gasteiger partial charge >= 0.3 is 0 Å². The minimum atomic E-state index is -0.268. The molecule has 0 aliphatic carbocycles. The minimum absolute atomic E-state index is 0.268. The molecule has 0 saturated carbocycles. The molecule has 3 N–H and O–H groups in total. The molecule has 2 aromatic carbocycles. The van der Waals surface area contributed by atoms with Crippen LogP contribution in [0.2, 0.25) is 0 Å². The van der Waals surface area contributed by atoms with Gasteiger partial charge < -0.3 is 20.2 Å². The van der Waals surface area contributed by atoms with Gasteiger partial charge in [0.2, 0.25) is 0 Å². The van der Waals surface area contributed by atoms with Gasteiger partial charge in [-0.3, -0.25) is 0 Å². The van der Waals surface area contributed by atoms with Crippen molar-refractivity contribution in [1.82, 2.24) is 15.0 Å². The molecule has 4 rings (SSSR count). The summed E-state index contributed by atoms with van der Waals surface area (Å²) in [6, 6.07) is 11.8. The predicted molar refractivity (Wildman–Crippen MR) is 102 cm³/mol. The lowest BCUT2D eigenvalue weighted by molar-refractivity contribution is 0.129. The molecule has 2 aromatic heterocycles. The number of nitrogens with zero attached hydrogens (tertiary/aromatic N) is 2. The van der Waals surface area contributed by atoms with E-state index in [2.05, 4.69) is 15.0 Å². The highest BCUT2D eigenvalue weighted by Gasteiger charge is 2.12. The molecule has 7 heteroatoms. The summed E-state index contributed by atoms with van der Waals surface area (Å²) in [5, 5.41) is 0.882. The molecule has 27 heavy (non-hydrogen) atoms. The van der Waals surface area contributed by atoms with Gasteiger partial charge in [-0.05, 0) is 36.8 Å². The number of nitrogens with two attached hydrogens (primary N) is 1. The highest BCUT2D eigenvalue weighted by Crippen LogP contribution is 2.29. The number of nitrogen functional groups attached to an aromatic ring is 1. The van der Waals surface area contributed by atoms with Crippen LogP contribution in [0.3, 0.4) is 0 Å². The van der Waals surface area contributed by atoms with E-state index in [0.29, 0.717) is 48.2 Å². The van der Waals surface area contributed by atoms with Gasteiger partial charge in [-0.1, -0.05) is 12.1 Å². The molecule has 0 aliphatic rings. The first-order valence-corrected chi connectivity index (χ1v) is 8.67. The highest BCUT2D eigenvalue weighted by atomic mass is 19.1. The second-order valence-electron chi connectivity index (χ2n) is 6.14. The number of aromatic nitrogens is 3. The highest BCUT2D eigenvalue weighted by molar-refractivity contribution is 6.06. The molecule has 138 valence electrons. The Balaban J connectivity index is 1.63. The van der Waals surface area contributed by atoms with Crippen molar-refractivity contribution in [1.29, 1.82) is 0 Å². The van der Waals surface area contributed by atoms with Crippen LogP contribution in [0.4, 0.5) is 10.2 Å². The van der Waals surface area contributed by atoms with Crippen molar-refractivity contribution in [3.63, 3.8) is 0 Å². The molecule has 0 spiro atoms. The number of imidazole rings is 1. The van der Waals surface area contributed by atoms with E-state index in [9.17, 15) is 4.39 Å². The molecule has 2 heterocycles. The van der Waals surface area contributed by atoms with Crippen molar-refractivity contribution < 1.29 is 13.9 Å². The monoisotopic (exact) mass is 366 g/mol. The molecular formula is C20H19FN4O2. The van der Waals surface area contributed by atoms with Crippen LogP contribution in [0.25, 0.3) is 21.9 Å². The van der Waals surface area contributed by atoms with Gasteiger partial charge in [0.05, 0.1) is 5.52 Å². The van der Waals surface area contributed by atoms with Gasteiger partial charge in [-0.2, -0.15) is 0 Å². The second-order valence-corrected chi connectivity index (χ2v) is 6.14. The Morgan fingerprint density at radius 2 is 1.89 bits per heavy atom. The third kappa shape index (κ3) is 3.54. The quantitative estimate of drug-likeness (QED) is 0.540. The fraction of sp³-hybridized carbons (Fsp3) is 0.200. The van der Waals surface area contributed by atoms with E-state index in [1.54, 1.807) is 12.1 Å². The van der Waals surface area contributed by atoms with Crippen LogP contribution in [-0.4, -0.2) is 21.6 Å². The van der Waals surface area contributed by atoms with Crippen molar-refractivity contribution in [3.8, 4) is 5.75 Å². The number of aromatic amines is 1. The Bertz CT molecular complexity index is 1090. The summed E-state index contributed by atoms with van der Waals surface area (Å²) >= 11 is 0. The zero-order valence-corrected chi connectivity index (χ0v) is 14.8. The van der Waals surface area contributed by atoms with Gasteiger partial charge in [-0.25, -0.2) is 14.4 Å². The normalized spacial score (nSPS) is 11.3. The summed E-state index contributed by atoms with van der Waals surface area (Å²) in [6.07, 6.45) is 0. The van der Waals surface area contributed by atoms with Crippen LogP contribution >= 0.6 is 0 Å². The van der Waals surface area contributed by atoms with Crippen molar-refractivity contribution in [2.75, 3.05) is 12.3 Å². The molecule has 0 fully saturated rings. The number of benzene rings is 2. The number of anilines is 1. The van der Waals surface area contributed by atoms with Crippen LogP contribution in [0, 0.1) is 5.82 Å². The van der Waals surface area contributed by atoms with Crippen molar-refractivity contribution in [2.24, 2.45) is 0 Å². The van der Waals surface area contributed by atoms with E-state index in [1.807, 2.05) is 25.1 Å².